The summed E-state index contributed by atoms with van der Waals surface area (Å²) in [6.45, 7) is 0.978. The van der Waals surface area contributed by atoms with Crippen LogP contribution in [0.5, 0.6) is 11.5 Å². The largest absolute Gasteiger partial charge is 0.486 e. The number of anilines is 1. The lowest BCUT2D eigenvalue weighted by molar-refractivity contribution is 0.0759. The number of carbonyl (C=O) groups excluding carboxylic acids is 1. The molecule has 1 atom stereocenters. The maximum atomic E-state index is 12.1. The molecule has 0 bridgehead atoms. The van der Waals surface area contributed by atoms with Gasteiger partial charge in [-0.2, -0.15) is 5.10 Å². The zero-order chi connectivity index (χ0) is 17.1. The average molecular weight is 336 g/mol. The molecule has 1 amide bonds. The number of para-hydroxylation sites is 2. The van der Waals surface area contributed by atoms with Crippen LogP contribution in [0.1, 0.15) is 10.4 Å². The maximum Gasteiger partial charge on any atom is 0.257 e. The zero-order valence-electron chi connectivity index (χ0n) is 13.3. The molecular weight excluding hydrogens is 320 g/mol. The van der Waals surface area contributed by atoms with Crippen molar-refractivity contribution in [2.45, 2.75) is 12.6 Å². The molecule has 7 heteroatoms. The molecular formula is C18H16N4O3. The predicted molar refractivity (Wildman–Crippen MR) is 90.8 cm³/mol. The lowest BCUT2D eigenvalue weighted by atomic mass is 10.2. The van der Waals surface area contributed by atoms with Crippen molar-refractivity contribution in [1.82, 2.24) is 14.8 Å². The first kappa shape index (κ1) is 15.2. The summed E-state index contributed by atoms with van der Waals surface area (Å²) in [6.07, 6.45) is 6.37. The molecule has 2 aromatic heterocycles. The fourth-order valence-electron chi connectivity index (χ4n) is 2.59. The monoisotopic (exact) mass is 336 g/mol. The number of aromatic nitrogens is 3. The average Bonchev–Trinajstić information content (AvgIpc) is 3.09. The number of rotatable bonds is 4. The molecule has 0 saturated carbocycles. The van der Waals surface area contributed by atoms with Crippen LogP contribution >= 0.6 is 0 Å². The van der Waals surface area contributed by atoms with Crippen molar-refractivity contribution in [2.24, 2.45) is 0 Å². The molecule has 126 valence electrons. The second-order valence-electron chi connectivity index (χ2n) is 5.64. The van der Waals surface area contributed by atoms with E-state index >= 15 is 0 Å². The van der Waals surface area contributed by atoms with Crippen LogP contribution in [-0.2, 0) is 6.54 Å². The highest BCUT2D eigenvalue weighted by atomic mass is 16.6. The van der Waals surface area contributed by atoms with E-state index in [1.165, 1.54) is 6.20 Å². The van der Waals surface area contributed by atoms with Gasteiger partial charge < -0.3 is 14.8 Å². The molecule has 0 fully saturated rings. The van der Waals surface area contributed by atoms with E-state index in [-0.39, 0.29) is 12.0 Å². The van der Waals surface area contributed by atoms with Gasteiger partial charge in [0.05, 0.1) is 24.0 Å². The lowest BCUT2D eigenvalue weighted by Crippen LogP contribution is -2.33. The summed E-state index contributed by atoms with van der Waals surface area (Å²) < 4.78 is 13.3. The summed E-state index contributed by atoms with van der Waals surface area (Å²) in [7, 11) is 0. The van der Waals surface area contributed by atoms with Crippen LogP contribution < -0.4 is 14.8 Å². The summed E-state index contributed by atoms with van der Waals surface area (Å²) in [5, 5.41) is 7.06. The highest BCUT2D eigenvalue weighted by Crippen LogP contribution is 2.31. The first-order valence-corrected chi connectivity index (χ1v) is 7.90. The predicted octanol–water partition coefficient (Wildman–Crippen LogP) is 2.37. The van der Waals surface area contributed by atoms with E-state index in [0.717, 1.165) is 11.5 Å². The van der Waals surface area contributed by atoms with Crippen LogP contribution in [0.15, 0.2) is 61.2 Å². The normalized spacial score (nSPS) is 15.6. The Kier molecular flexibility index (Phi) is 4.04. The molecule has 3 heterocycles. The maximum absolute atomic E-state index is 12.1. The molecule has 0 unspecified atom stereocenters. The summed E-state index contributed by atoms with van der Waals surface area (Å²) >= 11 is 0. The number of ether oxygens (including phenoxy) is 2. The molecule has 0 saturated heterocycles. The van der Waals surface area contributed by atoms with E-state index in [1.807, 2.05) is 24.3 Å². The minimum Gasteiger partial charge on any atom is -0.486 e. The van der Waals surface area contributed by atoms with Gasteiger partial charge in [0.15, 0.2) is 17.6 Å². The van der Waals surface area contributed by atoms with Crippen LogP contribution in [0.25, 0.3) is 0 Å². The van der Waals surface area contributed by atoms with E-state index in [9.17, 15) is 4.79 Å². The molecule has 1 aliphatic rings. The number of nitrogens with one attached hydrogen (secondary N) is 1. The molecule has 0 radical (unpaired) electrons. The van der Waals surface area contributed by atoms with Crippen LogP contribution in [0, 0.1) is 0 Å². The molecule has 0 aliphatic carbocycles. The SMILES string of the molecule is O=C(Nc1cnn(C[C@@H]2COc3ccccc3O2)c1)c1cccnc1. The minimum absolute atomic E-state index is 0.142. The Hall–Kier alpha value is -3.35. The summed E-state index contributed by atoms with van der Waals surface area (Å²) in [5.41, 5.74) is 1.11. The first-order chi connectivity index (χ1) is 12.3. The molecule has 1 aliphatic heterocycles. The van der Waals surface area contributed by atoms with Crippen molar-refractivity contribution < 1.29 is 14.3 Å². The van der Waals surface area contributed by atoms with Gasteiger partial charge in [0.1, 0.15) is 6.61 Å². The van der Waals surface area contributed by atoms with E-state index in [4.69, 9.17) is 9.47 Å². The number of benzene rings is 1. The number of carbonyl (C=O) groups is 1. The second-order valence-corrected chi connectivity index (χ2v) is 5.64. The number of pyridine rings is 1. The van der Waals surface area contributed by atoms with Gasteiger partial charge in [0, 0.05) is 18.6 Å². The van der Waals surface area contributed by atoms with Gasteiger partial charge in [0.2, 0.25) is 0 Å². The number of amides is 1. The quantitative estimate of drug-likeness (QED) is 0.791. The summed E-state index contributed by atoms with van der Waals surface area (Å²) in [6, 6.07) is 11.0. The van der Waals surface area contributed by atoms with Gasteiger partial charge in [0.25, 0.3) is 5.91 Å². The third kappa shape index (κ3) is 3.45. The van der Waals surface area contributed by atoms with Gasteiger partial charge in [-0.25, -0.2) is 0 Å². The Bertz CT molecular complexity index is 879. The van der Waals surface area contributed by atoms with Crippen molar-refractivity contribution in [1.29, 1.82) is 0 Å². The standard InChI is InChI=1S/C18H16N4O3/c23-18(13-4-3-7-19-8-13)21-14-9-20-22(10-14)11-15-12-24-16-5-1-2-6-17(16)25-15/h1-10,15H,11-12H2,(H,21,23)/t15-/m1/s1. The first-order valence-electron chi connectivity index (χ1n) is 7.90. The Morgan fingerprint density at radius 3 is 2.92 bits per heavy atom. The van der Waals surface area contributed by atoms with E-state index in [0.29, 0.717) is 24.4 Å². The molecule has 1 N–H and O–H groups in total. The number of hydrogen-bond donors (Lipinski definition) is 1. The Balaban J connectivity index is 1.38. The fraction of sp³-hybridized carbons (Fsp3) is 0.167. The molecule has 0 spiro atoms. The van der Waals surface area contributed by atoms with Crippen LogP contribution in [0.3, 0.4) is 0 Å². The summed E-state index contributed by atoms with van der Waals surface area (Å²) in [5.74, 6) is 1.26. The molecule has 1 aromatic carbocycles. The molecule has 7 nitrogen and oxygen atoms in total. The van der Waals surface area contributed by atoms with E-state index in [1.54, 1.807) is 35.4 Å². The smallest absolute Gasteiger partial charge is 0.257 e. The highest BCUT2D eigenvalue weighted by molar-refractivity contribution is 6.03. The molecule has 4 rings (SSSR count). The van der Waals surface area contributed by atoms with Crippen LogP contribution in [0.2, 0.25) is 0 Å². The Labute approximate surface area is 144 Å². The van der Waals surface area contributed by atoms with Crippen molar-refractivity contribution >= 4 is 11.6 Å². The van der Waals surface area contributed by atoms with Crippen molar-refractivity contribution in [3.05, 3.63) is 66.7 Å². The van der Waals surface area contributed by atoms with Gasteiger partial charge in [-0.1, -0.05) is 12.1 Å². The minimum atomic E-state index is -0.223. The molecule has 3 aromatic rings. The Morgan fingerprint density at radius 1 is 1.20 bits per heavy atom. The molecule has 25 heavy (non-hydrogen) atoms. The van der Waals surface area contributed by atoms with E-state index in [2.05, 4.69) is 15.4 Å². The third-order valence-corrected chi connectivity index (χ3v) is 3.77. The number of hydrogen-bond acceptors (Lipinski definition) is 5. The topological polar surface area (TPSA) is 78.3 Å². The van der Waals surface area contributed by atoms with E-state index < -0.39 is 0 Å². The highest BCUT2D eigenvalue weighted by Gasteiger charge is 2.21. The van der Waals surface area contributed by atoms with Gasteiger partial charge >= 0.3 is 0 Å². The van der Waals surface area contributed by atoms with Crippen molar-refractivity contribution in [3.8, 4) is 11.5 Å². The third-order valence-electron chi connectivity index (χ3n) is 3.77. The van der Waals surface area contributed by atoms with Crippen LogP contribution in [0.4, 0.5) is 5.69 Å². The van der Waals surface area contributed by atoms with Crippen molar-refractivity contribution in [2.75, 3.05) is 11.9 Å². The number of nitrogens with zero attached hydrogens (tertiary/aromatic N) is 3. The van der Waals surface area contributed by atoms with Gasteiger partial charge in [-0.15, -0.1) is 0 Å². The number of fused-ring (bicyclic) bond motifs is 1. The van der Waals surface area contributed by atoms with Gasteiger partial charge in [-0.3, -0.25) is 14.5 Å². The fourth-order valence-corrected chi connectivity index (χ4v) is 2.59. The van der Waals surface area contributed by atoms with Gasteiger partial charge in [-0.05, 0) is 24.3 Å². The lowest BCUT2D eigenvalue weighted by Gasteiger charge is -2.26. The zero-order valence-corrected chi connectivity index (χ0v) is 13.3. The van der Waals surface area contributed by atoms with Crippen molar-refractivity contribution in [3.63, 3.8) is 0 Å². The summed E-state index contributed by atoms with van der Waals surface area (Å²) in [4.78, 5) is 16.1. The Morgan fingerprint density at radius 2 is 2.08 bits per heavy atom. The second kappa shape index (κ2) is 6.64. The van der Waals surface area contributed by atoms with Crippen LogP contribution in [-0.4, -0.2) is 33.4 Å².